The fourth-order valence-corrected chi connectivity index (χ4v) is 4.17. The van der Waals surface area contributed by atoms with Crippen molar-refractivity contribution in [3.8, 4) is 5.75 Å². The van der Waals surface area contributed by atoms with E-state index in [1.165, 1.54) is 60.5 Å². The summed E-state index contributed by atoms with van der Waals surface area (Å²) in [4.78, 5) is 12.4. The highest BCUT2D eigenvalue weighted by Gasteiger charge is 2.20. The number of sulfone groups is 1. The van der Waals surface area contributed by atoms with Crippen molar-refractivity contribution < 1.29 is 17.9 Å². The van der Waals surface area contributed by atoms with Gasteiger partial charge in [0.1, 0.15) is 12.3 Å². The van der Waals surface area contributed by atoms with Crippen LogP contribution in [-0.4, -0.2) is 31.2 Å². The largest absolute Gasteiger partial charge is 0.497 e. The lowest BCUT2D eigenvalue weighted by Crippen LogP contribution is -2.20. The second-order valence-electron chi connectivity index (χ2n) is 6.14. The van der Waals surface area contributed by atoms with Gasteiger partial charge in [-0.1, -0.05) is 23.2 Å². The van der Waals surface area contributed by atoms with Gasteiger partial charge in [0.15, 0.2) is 0 Å². The van der Waals surface area contributed by atoms with Crippen LogP contribution in [0.2, 0.25) is 10.0 Å². The monoisotopic (exact) mass is 453 g/mol. The Morgan fingerprint density at radius 3 is 2.41 bits per heavy atom. The summed E-state index contributed by atoms with van der Waals surface area (Å²) < 4.78 is 32.5. The van der Waals surface area contributed by atoms with Crippen LogP contribution in [0, 0.1) is 6.92 Å². The molecule has 1 amide bonds. The Morgan fingerprint density at radius 1 is 1.14 bits per heavy atom. The molecule has 2 aromatic carbocycles. The summed E-state index contributed by atoms with van der Waals surface area (Å²) in [5.41, 5.74) is 0.927. The van der Waals surface area contributed by atoms with E-state index in [9.17, 15) is 13.2 Å². The van der Waals surface area contributed by atoms with Crippen LogP contribution in [0.15, 0.2) is 58.5 Å². The van der Waals surface area contributed by atoms with Gasteiger partial charge in [0.2, 0.25) is 15.7 Å². The lowest BCUT2D eigenvalue weighted by atomic mass is 10.3. The number of aromatic nitrogens is 2. The maximum absolute atomic E-state index is 12.9. The highest BCUT2D eigenvalue weighted by Crippen LogP contribution is 2.29. The topological polar surface area (TPSA) is 90.3 Å². The average molecular weight is 454 g/mol. The zero-order valence-corrected chi connectivity index (χ0v) is 17.8. The van der Waals surface area contributed by atoms with Crippen molar-refractivity contribution in [1.82, 2.24) is 9.78 Å². The zero-order valence-electron chi connectivity index (χ0n) is 15.5. The van der Waals surface area contributed by atoms with Crippen LogP contribution in [0.1, 0.15) is 5.69 Å². The second kappa shape index (κ2) is 8.44. The Morgan fingerprint density at radius 2 is 1.83 bits per heavy atom. The van der Waals surface area contributed by atoms with E-state index < -0.39 is 15.7 Å². The molecule has 152 valence electrons. The van der Waals surface area contributed by atoms with Crippen LogP contribution in [0.4, 0.5) is 5.69 Å². The predicted octanol–water partition coefficient (Wildman–Crippen LogP) is 3.98. The molecule has 0 atom stereocenters. The first-order chi connectivity index (χ1) is 13.7. The van der Waals surface area contributed by atoms with Crippen molar-refractivity contribution in [2.75, 3.05) is 12.4 Å². The van der Waals surface area contributed by atoms with Crippen molar-refractivity contribution in [2.45, 2.75) is 23.3 Å². The molecule has 29 heavy (non-hydrogen) atoms. The number of benzene rings is 2. The molecule has 0 saturated carbocycles. The molecule has 0 saturated heterocycles. The van der Waals surface area contributed by atoms with Crippen molar-refractivity contribution >= 4 is 44.6 Å². The maximum Gasteiger partial charge on any atom is 0.246 e. The van der Waals surface area contributed by atoms with Gasteiger partial charge in [-0.2, -0.15) is 5.10 Å². The molecule has 0 radical (unpaired) electrons. The van der Waals surface area contributed by atoms with Gasteiger partial charge in [0.05, 0.1) is 33.8 Å². The molecule has 1 aromatic heterocycles. The van der Waals surface area contributed by atoms with Crippen molar-refractivity contribution in [3.63, 3.8) is 0 Å². The minimum absolute atomic E-state index is 0.0206. The number of nitrogens with zero attached hydrogens (tertiary/aromatic N) is 2. The van der Waals surface area contributed by atoms with Crippen LogP contribution in [0.5, 0.6) is 5.75 Å². The highest BCUT2D eigenvalue weighted by molar-refractivity contribution is 7.91. The van der Waals surface area contributed by atoms with E-state index in [2.05, 4.69) is 10.4 Å². The van der Waals surface area contributed by atoms with Crippen LogP contribution in [0.3, 0.4) is 0 Å². The number of rotatable bonds is 6. The van der Waals surface area contributed by atoms with E-state index >= 15 is 0 Å². The molecular weight excluding hydrogens is 437 g/mol. The second-order valence-corrected chi connectivity index (χ2v) is 8.93. The molecule has 0 bridgehead atoms. The zero-order chi connectivity index (χ0) is 21.2. The molecule has 0 aliphatic rings. The molecule has 0 aliphatic carbocycles. The number of hydrogen-bond donors (Lipinski definition) is 1. The number of nitrogens with one attached hydrogen (secondary N) is 1. The number of hydrogen-bond acceptors (Lipinski definition) is 5. The Bertz CT molecular complexity index is 1160. The number of ether oxygens (including phenoxy) is 1. The summed E-state index contributed by atoms with van der Waals surface area (Å²) >= 11 is 11.8. The maximum atomic E-state index is 12.9. The standard InChI is InChI=1S/C19H17Cl2N3O4S/c1-12-18(21)10-22-24(12)11-19(25)23-14-7-15(28-2)9-17(8-14)29(26,27)16-5-3-13(20)4-6-16/h3-10H,11H2,1-2H3,(H,23,25). The molecule has 3 aromatic rings. The fourth-order valence-electron chi connectivity index (χ4n) is 2.59. The Labute approximate surface area is 178 Å². The molecule has 10 heteroatoms. The van der Waals surface area contributed by atoms with Gasteiger partial charge in [0.25, 0.3) is 0 Å². The summed E-state index contributed by atoms with van der Waals surface area (Å²) in [6.07, 6.45) is 1.45. The Balaban J connectivity index is 1.89. The number of carbonyl (C=O) groups is 1. The number of carbonyl (C=O) groups excluding carboxylic acids is 1. The summed E-state index contributed by atoms with van der Waals surface area (Å²) in [7, 11) is -2.42. The SMILES string of the molecule is COc1cc(NC(=O)Cn2ncc(Cl)c2C)cc(S(=O)(=O)c2ccc(Cl)cc2)c1. The van der Waals surface area contributed by atoms with Gasteiger partial charge in [-0.05, 0) is 43.3 Å². The fraction of sp³-hybridized carbons (Fsp3) is 0.158. The Kier molecular flexibility index (Phi) is 6.16. The molecule has 0 unspecified atom stereocenters. The first-order valence-electron chi connectivity index (χ1n) is 8.38. The van der Waals surface area contributed by atoms with E-state index in [-0.39, 0.29) is 27.8 Å². The number of halogens is 2. The lowest BCUT2D eigenvalue weighted by molar-refractivity contribution is -0.116. The number of anilines is 1. The molecule has 1 N–H and O–H groups in total. The molecular formula is C19H17Cl2N3O4S. The van der Waals surface area contributed by atoms with Crippen LogP contribution in [0.25, 0.3) is 0 Å². The molecule has 7 nitrogen and oxygen atoms in total. The number of methoxy groups -OCH3 is 1. The first kappa shape index (κ1) is 21.2. The number of amides is 1. The van der Waals surface area contributed by atoms with Crippen LogP contribution in [-0.2, 0) is 21.2 Å². The summed E-state index contributed by atoms with van der Waals surface area (Å²) in [5.74, 6) is -0.107. The predicted molar refractivity (Wildman–Crippen MR) is 111 cm³/mol. The van der Waals surface area contributed by atoms with Gasteiger partial charge in [-0.3, -0.25) is 9.48 Å². The van der Waals surface area contributed by atoms with Gasteiger partial charge in [0, 0.05) is 16.8 Å². The van der Waals surface area contributed by atoms with Crippen molar-refractivity contribution in [3.05, 3.63) is 64.4 Å². The molecule has 3 rings (SSSR count). The minimum Gasteiger partial charge on any atom is -0.497 e. The smallest absolute Gasteiger partial charge is 0.246 e. The van der Waals surface area contributed by atoms with Gasteiger partial charge >= 0.3 is 0 Å². The van der Waals surface area contributed by atoms with Crippen LogP contribution >= 0.6 is 23.2 Å². The molecule has 0 fully saturated rings. The van der Waals surface area contributed by atoms with E-state index in [0.29, 0.717) is 15.7 Å². The molecule has 1 heterocycles. The average Bonchev–Trinajstić information content (AvgIpc) is 3.00. The van der Waals surface area contributed by atoms with E-state index in [0.717, 1.165) is 0 Å². The third-order valence-electron chi connectivity index (χ3n) is 4.17. The third kappa shape index (κ3) is 4.72. The summed E-state index contributed by atoms with van der Waals surface area (Å²) in [5, 5.41) is 7.57. The van der Waals surface area contributed by atoms with E-state index in [4.69, 9.17) is 27.9 Å². The van der Waals surface area contributed by atoms with E-state index in [1.807, 2.05) is 0 Å². The first-order valence-corrected chi connectivity index (χ1v) is 10.6. The molecule has 0 spiro atoms. The lowest BCUT2D eigenvalue weighted by Gasteiger charge is -2.12. The third-order valence-corrected chi connectivity index (χ3v) is 6.54. The van der Waals surface area contributed by atoms with Crippen molar-refractivity contribution in [2.24, 2.45) is 0 Å². The highest BCUT2D eigenvalue weighted by atomic mass is 35.5. The summed E-state index contributed by atoms with van der Waals surface area (Å²) in [6.45, 7) is 1.67. The quantitative estimate of drug-likeness (QED) is 0.609. The Hall–Kier alpha value is -2.55. The van der Waals surface area contributed by atoms with Gasteiger partial charge < -0.3 is 10.1 Å². The molecule has 0 aliphatic heterocycles. The van der Waals surface area contributed by atoms with Crippen molar-refractivity contribution in [1.29, 1.82) is 0 Å². The van der Waals surface area contributed by atoms with E-state index in [1.54, 1.807) is 6.92 Å². The van der Waals surface area contributed by atoms with Gasteiger partial charge in [-0.15, -0.1) is 0 Å². The summed E-state index contributed by atoms with van der Waals surface area (Å²) in [6, 6.07) is 10.1. The minimum atomic E-state index is -3.83. The van der Waals surface area contributed by atoms with Gasteiger partial charge in [-0.25, -0.2) is 8.42 Å². The normalized spacial score (nSPS) is 11.3. The van der Waals surface area contributed by atoms with Crippen LogP contribution < -0.4 is 10.1 Å².